The highest BCUT2D eigenvalue weighted by atomic mass is 16.2. The van der Waals surface area contributed by atoms with E-state index in [2.05, 4.69) is 10.6 Å². The first-order valence-electron chi connectivity index (χ1n) is 9.06. The summed E-state index contributed by atoms with van der Waals surface area (Å²) in [7, 11) is 0. The van der Waals surface area contributed by atoms with Gasteiger partial charge in [-0.05, 0) is 56.9 Å². The summed E-state index contributed by atoms with van der Waals surface area (Å²) in [5, 5.41) is 5.72. The average molecular weight is 343 g/mol. The van der Waals surface area contributed by atoms with Crippen LogP contribution in [0.4, 0.5) is 5.69 Å². The Morgan fingerprint density at radius 3 is 2.12 bits per heavy atom. The van der Waals surface area contributed by atoms with Crippen molar-refractivity contribution in [1.29, 1.82) is 0 Å². The van der Waals surface area contributed by atoms with Gasteiger partial charge in [-0.2, -0.15) is 0 Å². The van der Waals surface area contributed by atoms with Crippen LogP contribution in [0.15, 0.2) is 24.3 Å². The second kappa shape index (κ2) is 7.68. The molecule has 1 aromatic carbocycles. The Morgan fingerprint density at radius 2 is 1.56 bits per heavy atom. The maximum atomic E-state index is 12.6. The number of amides is 3. The van der Waals surface area contributed by atoms with Gasteiger partial charge in [0.2, 0.25) is 11.8 Å². The molecule has 25 heavy (non-hydrogen) atoms. The third-order valence-electron chi connectivity index (χ3n) is 4.85. The van der Waals surface area contributed by atoms with E-state index in [1.165, 1.54) is 0 Å². The van der Waals surface area contributed by atoms with Crippen molar-refractivity contribution in [3.8, 4) is 0 Å². The van der Waals surface area contributed by atoms with Gasteiger partial charge in [-0.15, -0.1) is 0 Å². The van der Waals surface area contributed by atoms with E-state index in [9.17, 15) is 14.4 Å². The van der Waals surface area contributed by atoms with Crippen LogP contribution in [-0.2, 0) is 9.59 Å². The Hall–Kier alpha value is -2.37. The van der Waals surface area contributed by atoms with Crippen LogP contribution in [0.3, 0.4) is 0 Å². The third-order valence-corrected chi connectivity index (χ3v) is 4.85. The lowest BCUT2D eigenvalue weighted by atomic mass is 9.95. The number of carbonyl (C=O) groups is 3. The number of rotatable bonds is 5. The summed E-state index contributed by atoms with van der Waals surface area (Å²) in [6.45, 7) is 3.75. The Morgan fingerprint density at radius 1 is 0.960 bits per heavy atom. The van der Waals surface area contributed by atoms with Gasteiger partial charge in [0.05, 0.1) is 0 Å². The molecule has 0 atom stereocenters. The Balaban J connectivity index is 1.53. The molecule has 1 aliphatic heterocycles. The highest BCUT2D eigenvalue weighted by Crippen LogP contribution is 2.30. The van der Waals surface area contributed by atoms with Crippen molar-refractivity contribution in [2.24, 2.45) is 11.8 Å². The summed E-state index contributed by atoms with van der Waals surface area (Å²) in [5.41, 5.74) is 1.34. The monoisotopic (exact) mass is 343 g/mol. The first-order valence-corrected chi connectivity index (χ1v) is 9.06. The molecule has 1 aliphatic carbocycles. The van der Waals surface area contributed by atoms with E-state index in [4.69, 9.17) is 0 Å². The Bertz CT molecular complexity index is 644. The molecule has 1 aromatic rings. The van der Waals surface area contributed by atoms with Crippen LogP contribution in [-0.4, -0.2) is 42.3 Å². The van der Waals surface area contributed by atoms with E-state index in [1.807, 2.05) is 6.92 Å². The van der Waals surface area contributed by atoms with Crippen LogP contribution in [0.25, 0.3) is 0 Å². The number of hydrogen-bond acceptors (Lipinski definition) is 3. The number of anilines is 1. The fourth-order valence-electron chi connectivity index (χ4n) is 3.13. The highest BCUT2D eigenvalue weighted by molar-refractivity contribution is 5.97. The molecule has 2 aliphatic rings. The molecule has 6 heteroatoms. The summed E-state index contributed by atoms with van der Waals surface area (Å²) < 4.78 is 0. The van der Waals surface area contributed by atoms with E-state index in [-0.39, 0.29) is 29.6 Å². The standard InChI is InChI=1S/C19H25N3O3/c1-2-20-17(23)14-9-11-22(12-10-14)19(25)15-5-7-16(8-6-15)21-18(24)13-3-4-13/h5-8,13-14H,2-4,9-12H2,1H3,(H,20,23)(H,21,24). The molecule has 0 unspecified atom stereocenters. The van der Waals surface area contributed by atoms with Gasteiger partial charge < -0.3 is 15.5 Å². The van der Waals surface area contributed by atoms with Gasteiger partial charge in [-0.1, -0.05) is 0 Å². The number of hydrogen-bond donors (Lipinski definition) is 2. The normalized spacial score (nSPS) is 17.9. The van der Waals surface area contributed by atoms with Crippen molar-refractivity contribution in [1.82, 2.24) is 10.2 Å². The summed E-state index contributed by atoms with van der Waals surface area (Å²) >= 11 is 0. The predicted octanol–water partition coefficient (Wildman–Crippen LogP) is 2.02. The van der Waals surface area contributed by atoms with Crippen LogP contribution in [0.5, 0.6) is 0 Å². The zero-order chi connectivity index (χ0) is 17.8. The second-order valence-corrected chi connectivity index (χ2v) is 6.80. The second-order valence-electron chi connectivity index (χ2n) is 6.80. The molecule has 1 saturated carbocycles. The molecular formula is C19H25N3O3. The first kappa shape index (κ1) is 17.5. The van der Waals surface area contributed by atoms with Crippen molar-refractivity contribution in [2.75, 3.05) is 25.0 Å². The molecule has 1 saturated heterocycles. The molecule has 134 valence electrons. The van der Waals surface area contributed by atoms with Crippen molar-refractivity contribution in [3.63, 3.8) is 0 Å². The topological polar surface area (TPSA) is 78.5 Å². The predicted molar refractivity (Wildman–Crippen MR) is 95.1 cm³/mol. The first-order chi connectivity index (χ1) is 12.1. The molecule has 1 heterocycles. The summed E-state index contributed by atoms with van der Waals surface area (Å²) in [6.07, 6.45) is 3.34. The van der Waals surface area contributed by atoms with E-state index < -0.39 is 0 Å². The van der Waals surface area contributed by atoms with E-state index in [0.717, 1.165) is 18.5 Å². The summed E-state index contributed by atoms with van der Waals surface area (Å²) in [4.78, 5) is 38.0. The number of likely N-dealkylation sites (tertiary alicyclic amines) is 1. The summed E-state index contributed by atoms with van der Waals surface area (Å²) in [5.74, 6) is 0.294. The fraction of sp³-hybridized carbons (Fsp3) is 0.526. The molecule has 0 bridgehead atoms. The molecular weight excluding hydrogens is 318 g/mol. The zero-order valence-electron chi connectivity index (χ0n) is 14.6. The SMILES string of the molecule is CCNC(=O)C1CCN(C(=O)c2ccc(NC(=O)C3CC3)cc2)CC1. The molecule has 2 fully saturated rings. The fourth-order valence-corrected chi connectivity index (χ4v) is 3.13. The lowest BCUT2D eigenvalue weighted by Crippen LogP contribution is -2.43. The van der Waals surface area contributed by atoms with Crippen LogP contribution < -0.4 is 10.6 Å². The number of piperidine rings is 1. The maximum Gasteiger partial charge on any atom is 0.253 e. The van der Waals surface area contributed by atoms with Crippen LogP contribution in [0.2, 0.25) is 0 Å². The van der Waals surface area contributed by atoms with Crippen LogP contribution in [0, 0.1) is 11.8 Å². The van der Waals surface area contributed by atoms with E-state index in [0.29, 0.717) is 38.0 Å². The Kier molecular flexibility index (Phi) is 5.36. The smallest absolute Gasteiger partial charge is 0.253 e. The van der Waals surface area contributed by atoms with Gasteiger partial charge in [0.25, 0.3) is 5.91 Å². The van der Waals surface area contributed by atoms with Crippen molar-refractivity contribution in [3.05, 3.63) is 29.8 Å². The lowest BCUT2D eigenvalue weighted by molar-refractivity contribution is -0.126. The molecule has 0 aromatic heterocycles. The van der Waals surface area contributed by atoms with Gasteiger partial charge in [-0.25, -0.2) is 0 Å². The van der Waals surface area contributed by atoms with Gasteiger partial charge in [0.15, 0.2) is 0 Å². The van der Waals surface area contributed by atoms with E-state index in [1.54, 1.807) is 29.2 Å². The summed E-state index contributed by atoms with van der Waals surface area (Å²) in [6, 6.07) is 7.05. The van der Waals surface area contributed by atoms with Gasteiger partial charge in [-0.3, -0.25) is 14.4 Å². The quantitative estimate of drug-likeness (QED) is 0.858. The molecule has 3 amide bonds. The van der Waals surface area contributed by atoms with Gasteiger partial charge >= 0.3 is 0 Å². The van der Waals surface area contributed by atoms with Gasteiger partial charge in [0.1, 0.15) is 0 Å². The van der Waals surface area contributed by atoms with Crippen LogP contribution in [0.1, 0.15) is 43.0 Å². The zero-order valence-corrected chi connectivity index (χ0v) is 14.6. The number of carbonyl (C=O) groups excluding carboxylic acids is 3. The molecule has 0 spiro atoms. The lowest BCUT2D eigenvalue weighted by Gasteiger charge is -2.31. The van der Waals surface area contributed by atoms with E-state index >= 15 is 0 Å². The van der Waals surface area contributed by atoms with Crippen molar-refractivity contribution in [2.45, 2.75) is 32.6 Å². The minimum Gasteiger partial charge on any atom is -0.356 e. The van der Waals surface area contributed by atoms with Crippen molar-refractivity contribution >= 4 is 23.4 Å². The van der Waals surface area contributed by atoms with Gasteiger partial charge in [0, 0.05) is 42.7 Å². The molecule has 6 nitrogen and oxygen atoms in total. The molecule has 3 rings (SSSR count). The van der Waals surface area contributed by atoms with Crippen molar-refractivity contribution < 1.29 is 14.4 Å². The Labute approximate surface area is 148 Å². The minimum atomic E-state index is -0.0191. The van der Waals surface area contributed by atoms with Crippen LogP contribution >= 0.6 is 0 Å². The minimum absolute atomic E-state index is 0.00372. The third kappa shape index (κ3) is 4.38. The number of benzene rings is 1. The largest absolute Gasteiger partial charge is 0.356 e. The molecule has 2 N–H and O–H groups in total. The molecule has 0 radical (unpaired) electrons. The average Bonchev–Trinajstić information content (AvgIpc) is 3.47. The maximum absolute atomic E-state index is 12.6. The number of nitrogens with zero attached hydrogens (tertiary/aromatic N) is 1. The highest BCUT2D eigenvalue weighted by Gasteiger charge is 2.30. The number of nitrogens with one attached hydrogen (secondary N) is 2.